The highest BCUT2D eigenvalue weighted by Crippen LogP contribution is 2.29. The second kappa shape index (κ2) is 6.71. The number of likely N-dealkylation sites (tertiary alicyclic amines) is 1. The summed E-state index contributed by atoms with van der Waals surface area (Å²) >= 11 is 0. The Labute approximate surface area is 138 Å². The van der Waals surface area contributed by atoms with Gasteiger partial charge in [0.2, 0.25) is 0 Å². The highest BCUT2D eigenvalue weighted by molar-refractivity contribution is 5.38. The van der Waals surface area contributed by atoms with Gasteiger partial charge in [-0.1, -0.05) is 0 Å². The lowest BCUT2D eigenvalue weighted by molar-refractivity contribution is 0.199. The van der Waals surface area contributed by atoms with Gasteiger partial charge in [-0.15, -0.1) is 0 Å². The van der Waals surface area contributed by atoms with E-state index in [9.17, 15) is 0 Å². The van der Waals surface area contributed by atoms with Gasteiger partial charge < -0.3 is 5.32 Å². The van der Waals surface area contributed by atoms with Crippen LogP contribution >= 0.6 is 0 Å². The molecule has 0 amide bonds. The van der Waals surface area contributed by atoms with Crippen LogP contribution in [0.15, 0.2) is 18.3 Å². The molecule has 3 rings (SSSR count). The van der Waals surface area contributed by atoms with Crippen LogP contribution in [0.3, 0.4) is 0 Å². The molecular weight excluding hydrogens is 286 g/mol. The predicted octanol–water partition coefficient (Wildman–Crippen LogP) is 2.85. The number of nitrogens with zero attached hydrogens (tertiary/aromatic N) is 4. The average Bonchev–Trinajstić information content (AvgIpc) is 2.81. The zero-order valence-corrected chi connectivity index (χ0v) is 14.6. The topological polar surface area (TPSA) is 46.0 Å². The van der Waals surface area contributed by atoms with Crippen LogP contribution in [0.25, 0.3) is 0 Å². The van der Waals surface area contributed by atoms with Gasteiger partial charge in [-0.25, -0.2) is 4.98 Å². The Kier molecular flexibility index (Phi) is 4.66. The quantitative estimate of drug-likeness (QED) is 0.943. The lowest BCUT2D eigenvalue weighted by Gasteiger charge is -2.33. The van der Waals surface area contributed by atoms with Gasteiger partial charge >= 0.3 is 0 Å². The van der Waals surface area contributed by atoms with Crippen LogP contribution in [0.2, 0.25) is 0 Å². The molecule has 1 fully saturated rings. The van der Waals surface area contributed by atoms with Crippen LogP contribution in [0.5, 0.6) is 0 Å². The van der Waals surface area contributed by atoms with Crippen LogP contribution in [0, 0.1) is 13.8 Å². The van der Waals surface area contributed by atoms with Crippen LogP contribution in [0.4, 0.5) is 5.82 Å². The molecule has 23 heavy (non-hydrogen) atoms. The lowest BCUT2D eigenvalue weighted by atomic mass is 9.91. The maximum atomic E-state index is 4.55. The molecule has 1 N–H and O–H groups in total. The number of pyridine rings is 1. The first kappa shape index (κ1) is 16.0. The molecule has 0 spiro atoms. The molecule has 1 unspecified atom stereocenters. The molecule has 3 heterocycles. The number of anilines is 1. The van der Waals surface area contributed by atoms with Gasteiger partial charge in [0.25, 0.3) is 0 Å². The Morgan fingerprint density at radius 1 is 1.35 bits per heavy atom. The summed E-state index contributed by atoms with van der Waals surface area (Å²) in [7, 11) is 3.95. The highest BCUT2D eigenvalue weighted by atomic mass is 15.3. The van der Waals surface area contributed by atoms with E-state index in [0.29, 0.717) is 5.92 Å². The van der Waals surface area contributed by atoms with Crippen molar-refractivity contribution >= 4 is 5.82 Å². The van der Waals surface area contributed by atoms with E-state index in [4.69, 9.17) is 0 Å². The molecule has 0 bridgehead atoms. The van der Waals surface area contributed by atoms with Crippen LogP contribution in [0.1, 0.15) is 41.3 Å². The molecular formula is C18H27N5. The smallest absolute Gasteiger partial charge is 0.125 e. The maximum Gasteiger partial charge on any atom is 0.125 e. The summed E-state index contributed by atoms with van der Waals surface area (Å²) in [6, 6.07) is 4.35. The first-order chi connectivity index (χ1) is 11.1. The van der Waals surface area contributed by atoms with Crippen LogP contribution < -0.4 is 5.32 Å². The van der Waals surface area contributed by atoms with Crippen LogP contribution in [-0.2, 0) is 13.6 Å². The minimum atomic E-state index is 0.594. The molecule has 2 aromatic heterocycles. The highest BCUT2D eigenvalue weighted by Gasteiger charge is 2.23. The van der Waals surface area contributed by atoms with Gasteiger partial charge in [-0.3, -0.25) is 9.58 Å². The van der Waals surface area contributed by atoms with E-state index in [1.165, 1.54) is 36.2 Å². The Morgan fingerprint density at radius 3 is 2.87 bits per heavy atom. The van der Waals surface area contributed by atoms with Crippen molar-refractivity contribution in [3.8, 4) is 0 Å². The van der Waals surface area contributed by atoms with Gasteiger partial charge in [0.05, 0.1) is 5.69 Å². The minimum absolute atomic E-state index is 0.594. The van der Waals surface area contributed by atoms with Crippen molar-refractivity contribution in [3.05, 3.63) is 40.8 Å². The molecule has 0 aromatic carbocycles. The van der Waals surface area contributed by atoms with Gasteiger partial charge in [0, 0.05) is 44.6 Å². The fraction of sp³-hybridized carbons (Fsp3) is 0.556. The molecule has 0 saturated carbocycles. The number of rotatable bonds is 4. The summed E-state index contributed by atoms with van der Waals surface area (Å²) in [6.07, 6.45) is 4.42. The molecule has 5 nitrogen and oxygen atoms in total. The second-order valence-corrected chi connectivity index (χ2v) is 6.57. The van der Waals surface area contributed by atoms with Gasteiger partial charge in [0.1, 0.15) is 5.82 Å². The number of piperidine rings is 1. The van der Waals surface area contributed by atoms with Crippen molar-refractivity contribution in [2.45, 2.75) is 39.2 Å². The Bertz CT molecular complexity index is 676. The molecule has 0 radical (unpaired) electrons. The van der Waals surface area contributed by atoms with E-state index in [0.717, 1.165) is 24.6 Å². The molecule has 2 aromatic rings. The third-order valence-corrected chi connectivity index (χ3v) is 5.06. The van der Waals surface area contributed by atoms with E-state index >= 15 is 0 Å². The largest absolute Gasteiger partial charge is 0.373 e. The summed E-state index contributed by atoms with van der Waals surface area (Å²) in [6.45, 7) is 7.58. The summed E-state index contributed by atoms with van der Waals surface area (Å²) in [4.78, 5) is 6.90. The van der Waals surface area contributed by atoms with Crippen molar-refractivity contribution in [3.63, 3.8) is 0 Å². The first-order valence-corrected chi connectivity index (χ1v) is 8.43. The molecule has 1 aliphatic heterocycles. The number of hydrogen-bond donors (Lipinski definition) is 1. The zero-order chi connectivity index (χ0) is 16.4. The van der Waals surface area contributed by atoms with Crippen molar-refractivity contribution in [2.24, 2.45) is 7.05 Å². The summed E-state index contributed by atoms with van der Waals surface area (Å²) < 4.78 is 1.99. The molecule has 5 heteroatoms. The average molecular weight is 313 g/mol. The van der Waals surface area contributed by atoms with E-state index < -0.39 is 0 Å². The minimum Gasteiger partial charge on any atom is -0.373 e. The third kappa shape index (κ3) is 3.39. The number of nitrogens with one attached hydrogen (secondary N) is 1. The zero-order valence-electron chi connectivity index (χ0n) is 14.6. The summed E-state index contributed by atoms with van der Waals surface area (Å²) in [5, 5.41) is 7.69. The second-order valence-electron chi connectivity index (χ2n) is 6.57. The lowest BCUT2D eigenvalue weighted by Crippen LogP contribution is -2.34. The van der Waals surface area contributed by atoms with Gasteiger partial charge in [-0.05, 0) is 56.8 Å². The van der Waals surface area contributed by atoms with E-state index in [-0.39, 0.29) is 0 Å². The van der Waals surface area contributed by atoms with E-state index in [1.807, 2.05) is 25.0 Å². The van der Waals surface area contributed by atoms with E-state index in [2.05, 4.69) is 46.3 Å². The standard InChI is InChI=1S/C18H27N5/c1-13-17(14(2)22(4)21-13)12-23-9-5-6-16(11-23)15-7-8-20-18(10-15)19-3/h7-8,10,16H,5-6,9,11-12H2,1-4H3,(H,19,20). The van der Waals surface area contributed by atoms with Gasteiger partial charge in [-0.2, -0.15) is 5.10 Å². The third-order valence-electron chi connectivity index (χ3n) is 5.06. The van der Waals surface area contributed by atoms with E-state index in [1.54, 1.807) is 0 Å². The van der Waals surface area contributed by atoms with Crippen molar-refractivity contribution in [1.82, 2.24) is 19.7 Å². The fourth-order valence-electron chi connectivity index (χ4n) is 3.58. The SMILES string of the molecule is CNc1cc(C2CCCN(Cc3c(C)nn(C)c3C)C2)ccn1. The fourth-order valence-corrected chi connectivity index (χ4v) is 3.58. The molecule has 0 aliphatic carbocycles. The van der Waals surface area contributed by atoms with Crippen molar-refractivity contribution in [2.75, 3.05) is 25.5 Å². The monoisotopic (exact) mass is 313 g/mol. The van der Waals surface area contributed by atoms with Crippen molar-refractivity contribution < 1.29 is 0 Å². The maximum absolute atomic E-state index is 4.55. The Morgan fingerprint density at radius 2 is 2.17 bits per heavy atom. The predicted molar refractivity (Wildman–Crippen MR) is 93.7 cm³/mol. The number of hydrogen-bond acceptors (Lipinski definition) is 4. The number of aryl methyl sites for hydroxylation is 2. The molecule has 1 aliphatic rings. The first-order valence-electron chi connectivity index (χ1n) is 8.43. The molecule has 1 saturated heterocycles. The Balaban J connectivity index is 1.73. The summed E-state index contributed by atoms with van der Waals surface area (Å²) in [5.74, 6) is 1.55. The van der Waals surface area contributed by atoms with Crippen molar-refractivity contribution in [1.29, 1.82) is 0 Å². The normalized spacial score (nSPS) is 19.0. The number of aromatic nitrogens is 3. The Hall–Kier alpha value is -1.88. The summed E-state index contributed by atoms with van der Waals surface area (Å²) in [5.41, 5.74) is 5.23. The van der Waals surface area contributed by atoms with Crippen LogP contribution in [-0.4, -0.2) is 39.8 Å². The molecule has 124 valence electrons. The molecule has 1 atom stereocenters. The van der Waals surface area contributed by atoms with Gasteiger partial charge in [0.15, 0.2) is 0 Å².